The number of hydrogen-bond donors (Lipinski definition) is 1. The van der Waals surface area contributed by atoms with Crippen molar-refractivity contribution < 1.29 is 9.53 Å². The Morgan fingerprint density at radius 3 is 3.00 bits per heavy atom. The Labute approximate surface area is 123 Å². The Morgan fingerprint density at radius 2 is 2.25 bits per heavy atom. The molecule has 2 aromatic rings. The van der Waals surface area contributed by atoms with Crippen molar-refractivity contribution in [2.24, 2.45) is 5.92 Å². The molecular weight excluding hydrogens is 274 g/mol. The van der Waals surface area contributed by atoms with Gasteiger partial charge in [-0.15, -0.1) is 0 Å². The van der Waals surface area contributed by atoms with Crippen LogP contribution in [0.3, 0.4) is 0 Å². The first-order valence-corrected chi connectivity index (χ1v) is 7.47. The summed E-state index contributed by atoms with van der Waals surface area (Å²) in [7, 11) is 0. The predicted molar refractivity (Wildman–Crippen MR) is 80.4 cm³/mol. The van der Waals surface area contributed by atoms with Gasteiger partial charge in [0.15, 0.2) is 5.78 Å². The summed E-state index contributed by atoms with van der Waals surface area (Å²) in [5, 5.41) is 1.48. The van der Waals surface area contributed by atoms with Crippen LogP contribution in [0, 0.1) is 5.92 Å². The van der Waals surface area contributed by atoms with Gasteiger partial charge < -0.3 is 9.72 Å². The molecule has 0 radical (unpaired) electrons. The lowest BCUT2D eigenvalue weighted by Gasteiger charge is -2.34. The van der Waals surface area contributed by atoms with E-state index in [1.54, 1.807) is 6.20 Å². The molecular formula is C16H18ClNO2. The van der Waals surface area contributed by atoms with E-state index in [0.717, 1.165) is 30.4 Å². The number of aromatic amines is 1. The number of benzene rings is 1. The Bertz CT molecular complexity index is 628. The largest absolute Gasteiger partial charge is 0.378 e. The van der Waals surface area contributed by atoms with Gasteiger partial charge in [0.25, 0.3) is 0 Å². The average molecular weight is 292 g/mol. The minimum atomic E-state index is 0.171. The zero-order chi connectivity index (χ0) is 14.1. The molecule has 3 rings (SSSR count). The Kier molecular flexibility index (Phi) is 3.81. The van der Waals surface area contributed by atoms with Gasteiger partial charge in [-0.05, 0) is 37.8 Å². The van der Waals surface area contributed by atoms with Crippen molar-refractivity contribution >= 4 is 28.3 Å². The smallest absolute Gasteiger partial charge is 0.165 e. The lowest BCUT2D eigenvalue weighted by atomic mass is 9.78. The number of carbonyl (C=O) groups is 1. The highest BCUT2D eigenvalue weighted by atomic mass is 35.5. The van der Waals surface area contributed by atoms with Crippen LogP contribution in [0.1, 0.15) is 36.5 Å². The van der Waals surface area contributed by atoms with Gasteiger partial charge in [-0.2, -0.15) is 0 Å². The van der Waals surface area contributed by atoms with Crippen molar-refractivity contribution in [2.75, 3.05) is 6.61 Å². The first kappa shape index (κ1) is 13.7. The highest BCUT2D eigenvalue weighted by Crippen LogP contribution is 2.35. The van der Waals surface area contributed by atoms with E-state index in [1.165, 1.54) is 0 Å². The number of rotatable bonds is 5. The SMILES string of the molecule is CCOC1CC(CC(=O)c2c[nH]c3cccc(Cl)c23)C1. The minimum Gasteiger partial charge on any atom is -0.378 e. The molecule has 1 aromatic heterocycles. The number of H-pyrrole nitrogens is 1. The van der Waals surface area contributed by atoms with Crippen LogP contribution < -0.4 is 0 Å². The fraction of sp³-hybridized carbons (Fsp3) is 0.438. The van der Waals surface area contributed by atoms with Crippen molar-refractivity contribution in [3.63, 3.8) is 0 Å². The van der Waals surface area contributed by atoms with Crippen molar-refractivity contribution in [3.8, 4) is 0 Å². The third kappa shape index (κ3) is 2.48. The van der Waals surface area contributed by atoms with Crippen LogP contribution in [-0.4, -0.2) is 23.5 Å². The topological polar surface area (TPSA) is 42.1 Å². The molecule has 0 saturated heterocycles. The van der Waals surface area contributed by atoms with Gasteiger partial charge in [0.05, 0.1) is 11.1 Å². The molecule has 20 heavy (non-hydrogen) atoms. The molecule has 0 unspecified atom stereocenters. The molecule has 4 heteroatoms. The number of Topliss-reactive ketones (excluding diaryl/α,β-unsaturated/α-hetero) is 1. The summed E-state index contributed by atoms with van der Waals surface area (Å²) in [4.78, 5) is 15.5. The Morgan fingerprint density at radius 1 is 1.45 bits per heavy atom. The van der Waals surface area contributed by atoms with E-state index < -0.39 is 0 Å². The van der Waals surface area contributed by atoms with Crippen LogP contribution in [0.25, 0.3) is 10.9 Å². The van der Waals surface area contributed by atoms with Crippen LogP contribution in [0.4, 0.5) is 0 Å². The number of nitrogens with one attached hydrogen (secondary N) is 1. The van der Waals surface area contributed by atoms with Crippen LogP contribution in [0.15, 0.2) is 24.4 Å². The number of halogens is 1. The summed E-state index contributed by atoms with van der Waals surface area (Å²) in [5.41, 5.74) is 1.63. The van der Waals surface area contributed by atoms with Crippen LogP contribution in [0.5, 0.6) is 0 Å². The molecule has 1 aromatic carbocycles. The molecule has 1 saturated carbocycles. The summed E-state index contributed by atoms with van der Waals surface area (Å²) in [6, 6.07) is 5.64. The van der Waals surface area contributed by atoms with E-state index in [9.17, 15) is 4.79 Å². The number of fused-ring (bicyclic) bond motifs is 1. The maximum atomic E-state index is 12.4. The zero-order valence-corrected chi connectivity index (χ0v) is 12.2. The second kappa shape index (κ2) is 5.58. The van der Waals surface area contributed by atoms with Crippen LogP contribution in [0.2, 0.25) is 5.02 Å². The molecule has 1 aliphatic carbocycles. The van der Waals surface area contributed by atoms with E-state index >= 15 is 0 Å². The van der Waals surface area contributed by atoms with Gasteiger partial charge in [-0.1, -0.05) is 17.7 Å². The molecule has 0 atom stereocenters. The first-order chi connectivity index (χ1) is 9.69. The van der Waals surface area contributed by atoms with Gasteiger partial charge in [-0.3, -0.25) is 4.79 Å². The lowest BCUT2D eigenvalue weighted by molar-refractivity contribution is -0.0245. The number of carbonyl (C=O) groups excluding carboxylic acids is 1. The maximum absolute atomic E-state index is 12.4. The van der Waals surface area contributed by atoms with Gasteiger partial charge in [-0.25, -0.2) is 0 Å². The van der Waals surface area contributed by atoms with E-state index in [1.807, 2.05) is 25.1 Å². The maximum Gasteiger partial charge on any atom is 0.165 e. The Hall–Kier alpha value is -1.32. The number of aromatic nitrogens is 1. The van der Waals surface area contributed by atoms with Gasteiger partial charge >= 0.3 is 0 Å². The lowest BCUT2D eigenvalue weighted by Crippen LogP contribution is -2.32. The molecule has 0 spiro atoms. The number of ether oxygens (including phenoxy) is 1. The molecule has 1 aliphatic rings. The van der Waals surface area contributed by atoms with Crippen LogP contribution in [-0.2, 0) is 4.74 Å². The molecule has 106 valence electrons. The zero-order valence-electron chi connectivity index (χ0n) is 11.5. The summed E-state index contributed by atoms with van der Waals surface area (Å²) >= 11 is 6.20. The standard InChI is InChI=1S/C16H18ClNO2/c1-2-20-11-6-10(7-11)8-15(19)12-9-18-14-5-3-4-13(17)16(12)14/h3-5,9-11,18H,2,6-8H2,1H3. The van der Waals surface area contributed by atoms with Gasteiger partial charge in [0.2, 0.25) is 0 Å². The highest BCUT2D eigenvalue weighted by molar-refractivity contribution is 6.36. The van der Waals surface area contributed by atoms with Crippen molar-refractivity contribution in [2.45, 2.75) is 32.3 Å². The highest BCUT2D eigenvalue weighted by Gasteiger charge is 2.31. The molecule has 1 N–H and O–H groups in total. The fourth-order valence-electron chi connectivity index (χ4n) is 2.95. The number of hydrogen-bond acceptors (Lipinski definition) is 2. The summed E-state index contributed by atoms with van der Waals surface area (Å²) in [5.74, 6) is 0.621. The average Bonchev–Trinajstić information content (AvgIpc) is 2.81. The predicted octanol–water partition coefficient (Wildman–Crippen LogP) is 4.21. The molecule has 0 bridgehead atoms. The normalized spacial score (nSPS) is 21.9. The van der Waals surface area contributed by atoms with Crippen molar-refractivity contribution in [1.82, 2.24) is 4.98 Å². The monoisotopic (exact) mass is 291 g/mol. The van der Waals surface area contributed by atoms with Crippen molar-refractivity contribution in [1.29, 1.82) is 0 Å². The summed E-state index contributed by atoms with van der Waals surface area (Å²) in [6.45, 7) is 2.76. The van der Waals surface area contributed by atoms with Gasteiger partial charge in [0, 0.05) is 35.7 Å². The quantitative estimate of drug-likeness (QED) is 0.839. The molecule has 1 heterocycles. The van der Waals surface area contributed by atoms with E-state index in [4.69, 9.17) is 16.3 Å². The summed E-state index contributed by atoms with van der Waals surface area (Å²) < 4.78 is 5.53. The molecule has 1 fully saturated rings. The first-order valence-electron chi connectivity index (χ1n) is 7.09. The molecule has 0 aliphatic heterocycles. The fourth-order valence-corrected chi connectivity index (χ4v) is 3.22. The molecule has 3 nitrogen and oxygen atoms in total. The Balaban J connectivity index is 1.71. The van der Waals surface area contributed by atoms with Crippen LogP contribution >= 0.6 is 11.6 Å². The van der Waals surface area contributed by atoms with E-state index in [2.05, 4.69) is 4.98 Å². The van der Waals surface area contributed by atoms with E-state index in [-0.39, 0.29) is 5.78 Å². The summed E-state index contributed by atoms with van der Waals surface area (Å²) in [6.07, 6.45) is 4.70. The third-order valence-corrected chi connectivity index (χ3v) is 4.34. The van der Waals surface area contributed by atoms with E-state index in [0.29, 0.717) is 29.0 Å². The molecule has 0 amide bonds. The van der Waals surface area contributed by atoms with Crippen molar-refractivity contribution in [3.05, 3.63) is 35.0 Å². The second-order valence-corrected chi connectivity index (χ2v) is 5.81. The third-order valence-electron chi connectivity index (χ3n) is 4.02. The minimum absolute atomic E-state index is 0.171. The number of ketones is 1. The second-order valence-electron chi connectivity index (χ2n) is 5.41. The van der Waals surface area contributed by atoms with Gasteiger partial charge in [0.1, 0.15) is 0 Å².